The number of halogens is 2. The summed E-state index contributed by atoms with van der Waals surface area (Å²) in [6, 6.07) is 17.5. The number of aromatic amines is 1. The van der Waals surface area contributed by atoms with Crippen molar-refractivity contribution in [1.29, 1.82) is 0 Å². The van der Waals surface area contributed by atoms with Gasteiger partial charge in [0.25, 0.3) is 5.56 Å². The Morgan fingerprint density at radius 2 is 1.85 bits per heavy atom. The normalized spacial score (nSPS) is 11.3. The van der Waals surface area contributed by atoms with Crippen LogP contribution in [-0.4, -0.2) is 30.0 Å². The number of rotatable bonds is 6. The number of aromatic nitrogens is 2. The van der Waals surface area contributed by atoms with Gasteiger partial charge in [0, 0.05) is 47.0 Å². The highest BCUT2D eigenvalue weighted by Crippen LogP contribution is 2.27. The molecule has 1 N–H and O–H groups in total. The Bertz CT molecular complexity index is 1480. The number of benzene rings is 3. The first-order chi connectivity index (χ1) is 15.8. The van der Waals surface area contributed by atoms with Crippen molar-refractivity contribution in [3.05, 3.63) is 103 Å². The van der Waals surface area contributed by atoms with Gasteiger partial charge >= 0.3 is 5.69 Å². The average Bonchev–Trinajstić information content (AvgIpc) is 2.78. The van der Waals surface area contributed by atoms with E-state index in [1.54, 1.807) is 48.5 Å². The maximum atomic E-state index is 12.7. The van der Waals surface area contributed by atoms with Crippen LogP contribution in [0.4, 0.5) is 5.69 Å². The molecule has 0 radical (unpaired) electrons. The molecule has 0 atom stereocenters. The van der Waals surface area contributed by atoms with Crippen LogP contribution in [0.3, 0.4) is 0 Å². The van der Waals surface area contributed by atoms with Gasteiger partial charge in [-0.3, -0.25) is 4.79 Å². The molecule has 0 bridgehead atoms. The van der Waals surface area contributed by atoms with Crippen molar-refractivity contribution in [3.63, 3.8) is 0 Å². The number of anilines is 1. The molecular weight excluding hydrogens is 463 g/mol. The second-order valence-corrected chi connectivity index (χ2v) is 8.32. The molecule has 9 heteroatoms. The predicted octanol–water partition coefficient (Wildman–Crippen LogP) is 4.52. The first-order valence-electron chi connectivity index (χ1n) is 10.00. The van der Waals surface area contributed by atoms with Crippen LogP contribution in [0.25, 0.3) is 10.9 Å². The highest BCUT2D eigenvalue weighted by atomic mass is 35.5. The molecule has 3 aromatic carbocycles. The fraction of sp³-hybridized carbons (Fsp3) is 0.125. The smallest absolute Gasteiger partial charge is 0.349 e. The quantitative estimate of drug-likeness (QED) is 0.409. The third kappa shape index (κ3) is 4.94. The molecule has 0 saturated carbocycles. The SMILES string of the molecule is CN(C)c1ccc(C=Nn2c(=O)[nH]c3ccccc3c2=O)c(OCc2ccc(Cl)cc2Cl)c1. The number of H-pyrrole nitrogens is 1. The van der Waals surface area contributed by atoms with E-state index in [0.717, 1.165) is 15.9 Å². The van der Waals surface area contributed by atoms with Gasteiger partial charge in [-0.05, 0) is 36.4 Å². The number of hydrogen-bond acceptors (Lipinski definition) is 5. The Kier molecular flexibility index (Phi) is 6.53. The van der Waals surface area contributed by atoms with Gasteiger partial charge in [0.1, 0.15) is 12.4 Å². The summed E-state index contributed by atoms with van der Waals surface area (Å²) in [6.07, 6.45) is 1.42. The first-order valence-corrected chi connectivity index (χ1v) is 10.8. The molecule has 0 amide bonds. The fourth-order valence-electron chi connectivity index (χ4n) is 3.21. The number of fused-ring (bicyclic) bond motifs is 1. The molecule has 1 aromatic heterocycles. The van der Waals surface area contributed by atoms with Crippen LogP contribution in [0.2, 0.25) is 10.0 Å². The summed E-state index contributed by atoms with van der Waals surface area (Å²) in [5.74, 6) is 0.515. The van der Waals surface area contributed by atoms with Crippen molar-refractivity contribution in [2.75, 3.05) is 19.0 Å². The molecule has 0 aliphatic heterocycles. The van der Waals surface area contributed by atoms with E-state index in [1.165, 1.54) is 6.21 Å². The molecular formula is C24H20Cl2N4O3. The third-order valence-electron chi connectivity index (χ3n) is 5.01. The Morgan fingerprint density at radius 3 is 2.61 bits per heavy atom. The minimum absolute atomic E-state index is 0.199. The standard InChI is InChI=1S/C24H20Cl2N4O3/c1-29(2)18-10-8-15(22(12-18)33-14-16-7-9-17(25)11-20(16)26)13-27-30-23(31)19-5-3-4-6-21(19)28-24(30)32/h3-13H,14H2,1-2H3,(H,28,32). The molecule has 0 aliphatic rings. The number of para-hydroxylation sites is 1. The lowest BCUT2D eigenvalue weighted by Crippen LogP contribution is -2.32. The minimum atomic E-state index is -0.629. The molecule has 33 heavy (non-hydrogen) atoms. The van der Waals surface area contributed by atoms with Crippen LogP contribution < -0.4 is 20.9 Å². The summed E-state index contributed by atoms with van der Waals surface area (Å²) in [5, 5.41) is 5.55. The number of nitrogens with one attached hydrogen (secondary N) is 1. The van der Waals surface area contributed by atoms with Gasteiger partial charge in [0.05, 0.1) is 17.1 Å². The number of hydrogen-bond donors (Lipinski definition) is 1. The molecule has 0 fully saturated rings. The van der Waals surface area contributed by atoms with Crippen LogP contribution in [0.1, 0.15) is 11.1 Å². The van der Waals surface area contributed by atoms with Gasteiger partial charge < -0.3 is 14.6 Å². The van der Waals surface area contributed by atoms with Crippen LogP contribution in [0.15, 0.2) is 75.4 Å². The monoisotopic (exact) mass is 482 g/mol. The molecule has 168 valence electrons. The lowest BCUT2D eigenvalue weighted by atomic mass is 10.2. The highest BCUT2D eigenvalue weighted by Gasteiger charge is 2.10. The molecule has 0 saturated heterocycles. The zero-order valence-corrected chi connectivity index (χ0v) is 19.4. The lowest BCUT2D eigenvalue weighted by molar-refractivity contribution is 0.306. The van der Waals surface area contributed by atoms with Crippen molar-refractivity contribution >= 4 is 46.0 Å². The van der Waals surface area contributed by atoms with Crippen LogP contribution in [0.5, 0.6) is 5.75 Å². The Hall–Kier alpha value is -3.55. The summed E-state index contributed by atoms with van der Waals surface area (Å²) in [6.45, 7) is 0.199. The third-order valence-corrected chi connectivity index (χ3v) is 5.59. The second-order valence-electron chi connectivity index (χ2n) is 7.48. The van der Waals surface area contributed by atoms with E-state index in [9.17, 15) is 9.59 Å². The van der Waals surface area contributed by atoms with Crippen molar-refractivity contribution in [3.8, 4) is 5.75 Å². The summed E-state index contributed by atoms with van der Waals surface area (Å²) < 4.78 is 6.83. The van der Waals surface area contributed by atoms with Gasteiger partial charge in [-0.25, -0.2) is 4.79 Å². The molecule has 0 unspecified atom stereocenters. The minimum Gasteiger partial charge on any atom is -0.488 e. The zero-order chi connectivity index (χ0) is 23.5. The van der Waals surface area contributed by atoms with Gasteiger partial charge in [0.15, 0.2) is 0 Å². The van der Waals surface area contributed by atoms with Crippen LogP contribution in [0, 0.1) is 0 Å². The first kappa shape index (κ1) is 22.6. The molecule has 4 rings (SSSR count). The predicted molar refractivity (Wildman–Crippen MR) is 133 cm³/mol. The van der Waals surface area contributed by atoms with Crippen molar-refractivity contribution < 1.29 is 4.74 Å². The molecule has 0 spiro atoms. The fourth-order valence-corrected chi connectivity index (χ4v) is 3.67. The number of nitrogens with zero attached hydrogens (tertiary/aromatic N) is 3. The van der Waals surface area contributed by atoms with E-state index in [-0.39, 0.29) is 6.61 Å². The van der Waals surface area contributed by atoms with E-state index < -0.39 is 11.2 Å². The second kappa shape index (κ2) is 9.52. The molecule has 4 aromatic rings. The van der Waals surface area contributed by atoms with Gasteiger partial charge in [-0.15, -0.1) is 4.68 Å². The van der Waals surface area contributed by atoms with E-state index in [2.05, 4.69) is 10.1 Å². The Labute approximate surface area is 199 Å². The summed E-state index contributed by atoms with van der Waals surface area (Å²) in [7, 11) is 3.83. The number of ether oxygens (including phenoxy) is 1. The largest absolute Gasteiger partial charge is 0.488 e. The summed E-state index contributed by atoms with van der Waals surface area (Å²) in [4.78, 5) is 29.7. The molecule has 0 aliphatic carbocycles. The van der Waals surface area contributed by atoms with Gasteiger partial charge in [-0.2, -0.15) is 5.10 Å². The topological polar surface area (TPSA) is 79.7 Å². The van der Waals surface area contributed by atoms with Gasteiger partial charge in [0.2, 0.25) is 0 Å². The lowest BCUT2D eigenvalue weighted by Gasteiger charge is -2.16. The summed E-state index contributed by atoms with van der Waals surface area (Å²) in [5.41, 5.74) is 1.58. The van der Waals surface area contributed by atoms with E-state index >= 15 is 0 Å². The maximum absolute atomic E-state index is 12.7. The summed E-state index contributed by atoms with van der Waals surface area (Å²) >= 11 is 12.2. The maximum Gasteiger partial charge on any atom is 0.349 e. The Morgan fingerprint density at radius 1 is 1.06 bits per heavy atom. The van der Waals surface area contributed by atoms with Gasteiger partial charge in [-0.1, -0.05) is 41.4 Å². The van der Waals surface area contributed by atoms with E-state index in [1.807, 2.05) is 31.1 Å². The molecule has 1 heterocycles. The Balaban J connectivity index is 1.70. The van der Waals surface area contributed by atoms with Crippen LogP contribution >= 0.6 is 23.2 Å². The average molecular weight is 483 g/mol. The highest BCUT2D eigenvalue weighted by molar-refractivity contribution is 6.35. The van der Waals surface area contributed by atoms with E-state index in [0.29, 0.717) is 32.3 Å². The van der Waals surface area contributed by atoms with Crippen molar-refractivity contribution in [1.82, 2.24) is 9.66 Å². The van der Waals surface area contributed by atoms with E-state index in [4.69, 9.17) is 27.9 Å². The van der Waals surface area contributed by atoms with Crippen molar-refractivity contribution in [2.45, 2.75) is 6.61 Å². The van der Waals surface area contributed by atoms with Crippen molar-refractivity contribution in [2.24, 2.45) is 5.10 Å². The van der Waals surface area contributed by atoms with Crippen LogP contribution in [-0.2, 0) is 6.61 Å². The zero-order valence-electron chi connectivity index (χ0n) is 17.9. The molecule has 7 nitrogen and oxygen atoms in total.